The lowest BCUT2D eigenvalue weighted by Gasteiger charge is -2.30. The SMILES string of the molecule is COCCc1noc(CC2CCN(S(=O)(=O)c3c(C)noc3C)CC2)n1. The summed E-state index contributed by atoms with van der Waals surface area (Å²) in [5.41, 5.74) is 0.402. The highest BCUT2D eigenvalue weighted by Gasteiger charge is 2.34. The lowest BCUT2D eigenvalue weighted by Crippen LogP contribution is -2.39. The summed E-state index contributed by atoms with van der Waals surface area (Å²) in [6, 6.07) is 0. The number of aryl methyl sites for hydroxylation is 2. The number of rotatable bonds is 7. The van der Waals surface area contributed by atoms with Gasteiger partial charge in [0.1, 0.15) is 10.6 Å². The number of methoxy groups -OCH3 is 1. The molecule has 0 unspecified atom stereocenters. The zero-order chi connectivity index (χ0) is 18.7. The van der Waals surface area contributed by atoms with Gasteiger partial charge >= 0.3 is 0 Å². The first-order valence-corrected chi connectivity index (χ1v) is 10.1. The number of hydrogen-bond donors (Lipinski definition) is 0. The van der Waals surface area contributed by atoms with Crippen LogP contribution in [0.15, 0.2) is 13.9 Å². The van der Waals surface area contributed by atoms with Gasteiger partial charge in [-0.3, -0.25) is 0 Å². The first-order chi connectivity index (χ1) is 12.4. The molecule has 1 fully saturated rings. The summed E-state index contributed by atoms with van der Waals surface area (Å²) in [5.74, 6) is 1.89. The van der Waals surface area contributed by atoms with Crippen LogP contribution in [0.25, 0.3) is 0 Å². The number of sulfonamides is 1. The molecule has 0 N–H and O–H groups in total. The number of ether oxygens (including phenoxy) is 1. The number of aromatic nitrogens is 3. The summed E-state index contributed by atoms with van der Waals surface area (Å²) in [5, 5.41) is 7.69. The molecule has 2 aromatic heterocycles. The molecule has 0 spiro atoms. The van der Waals surface area contributed by atoms with Crippen LogP contribution in [0.4, 0.5) is 0 Å². The fourth-order valence-corrected chi connectivity index (χ4v) is 5.00. The summed E-state index contributed by atoms with van der Waals surface area (Å²) >= 11 is 0. The maximum absolute atomic E-state index is 12.8. The molecule has 1 saturated heterocycles. The van der Waals surface area contributed by atoms with Crippen molar-refractivity contribution < 1.29 is 22.2 Å². The van der Waals surface area contributed by atoms with Crippen LogP contribution >= 0.6 is 0 Å². The van der Waals surface area contributed by atoms with Gasteiger partial charge in [0.25, 0.3) is 0 Å². The molecule has 1 aliphatic rings. The zero-order valence-corrected chi connectivity index (χ0v) is 16.1. The average Bonchev–Trinajstić information content (AvgIpc) is 3.20. The highest BCUT2D eigenvalue weighted by molar-refractivity contribution is 7.89. The van der Waals surface area contributed by atoms with Crippen molar-refractivity contribution >= 4 is 10.0 Å². The minimum absolute atomic E-state index is 0.190. The fraction of sp³-hybridized carbons (Fsp3) is 0.688. The number of hydrogen-bond acceptors (Lipinski definition) is 8. The van der Waals surface area contributed by atoms with E-state index in [0.717, 1.165) is 12.8 Å². The predicted molar refractivity (Wildman–Crippen MR) is 91.0 cm³/mol. The summed E-state index contributed by atoms with van der Waals surface area (Å²) in [4.78, 5) is 4.55. The van der Waals surface area contributed by atoms with E-state index in [-0.39, 0.29) is 4.90 Å². The first-order valence-electron chi connectivity index (χ1n) is 8.65. The molecule has 2 aromatic rings. The molecule has 1 aliphatic heterocycles. The van der Waals surface area contributed by atoms with Crippen molar-refractivity contribution in [2.24, 2.45) is 5.92 Å². The van der Waals surface area contributed by atoms with Gasteiger partial charge < -0.3 is 13.8 Å². The molecule has 0 radical (unpaired) electrons. The Hall–Kier alpha value is -1.78. The number of nitrogens with zero attached hydrogens (tertiary/aromatic N) is 4. The van der Waals surface area contributed by atoms with E-state index < -0.39 is 10.0 Å². The second kappa shape index (κ2) is 7.85. The van der Waals surface area contributed by atoms with Crippen molar-refractivity contribution in [2.45, 2.75) is 44.4 Å². The van der Waals surface area contributed by atoms with Gasteiger partial charge in [-0.25, -0.2) is 8.42 Å². The minimum atomic E-state index is -3.57. The van der Waals surface area contributed by atoms with Gasteiger partial charge in [-0.2, -0.15) is 9.29 Å². The second-order valence-electron chi connectivity index (χ2n) is 6.55. The normalized spacial score (nSPS) is 17.0. The molecule has 0 aliphatic carbocycles. The molecule has 0 amide bonds. The van der Waals surface area contributed by atoms with Crippen LogP contribution < -0.4 is 0 Å². The maximum atomic E-state index is 12.8. The van der Waals surface area contributed by atoms with Crippen molar-refractivity contribution in [3.05, 3.63) is 23.2 Å². The largest absolute Gasteiger partial charge is 0.384 e. The summed E-state index contributed by atoms with van der Waals surface area (Å²) in [6.45, 7) is 4.74. The van der Waals surface area contributed by atoms with Gasteiger partial charge in [0.15, 0.2) is 11.6 Å². The third-order valence-corrected chi connectivity index (χ3v) is 6.79. The third kappa shape index (κ3) is 3.97. The van der Waals surface area contributed by atoms with E-state index in [1.165, 1.54) is 4.31 Å². The molecule has 26 heavy (non-hydrogen) atoms. The molecule has 0 atom stereocenters. The molecule has 144 valence electrons. The van der Waals surface area contributed by atoms with E-state index in [9.17, 15) is 8.42 Å². The van der Waals surface area contributed by atoms with Crippen LogP contribution in [0, 0.1) is 19.8 Å². The van der Waals surface area contributed by atoms with Crippen LogP contribution in [0.2, 0.25) is 0 Å². The predicted octanol–water partition coefficient (Wildman–Crippen LogP) is 1.51. The van der Waals surface area contributed by atoms with Crippen LogP contribution in [0.1, 0.15) is 36.0 Å². The van der Waals surface area contributed by atoms with Gasteiger partial charge in [-0.1, -0.05) is 10.3 Å². The van der Waals surface area contributed by atoms with Crippen molar-refractivity contribution in [1.82, 2.24) is 19.6 Å². The van der Waals surface area contributed by atoms with E-state index in [2.05, 4.69) is 15.3 Å². The van der Waals surface area contributed by atoms with Crippen LogP contribution in [-0.4, -0.2) is 54.8 Å². The molecular weight excluding hydrogens is 360 g/mol. The van der Waals surface area contributed by atoms with Gasteiger partial charge in [-0.05, 0) is 32.6 Å². The van der Waals surface area contributed by atoms with E-state index >= 15 is 0 Å². The van der Waals surface area contributed by atoms with Gasteiger partial charge in [0.2, 0.25) is 15.9 Å². The lowest BCUT2D eigenvalue weighted by atomic mass is 9.95. The molecule has 9 nitrogen and oxygen atoms in total. The Morgan fingerprint density at radius 1 is 1.19 bits per heavy atom. The number of piperidine rings is 1. The van der Waals surface area contributed by atoms with E-state index in [1.54, 1.807) is 21.0 Å². The monoisotopic (exact) mass is 384 g/mol. The molecule has 3 rings (SSSR count). The molecule has 0 aromatic carbocycles. The smallest absolute Gasteiger partial charge is 0.248 e. The Labute approximate surface area is 152 Å². The zero-order valence-electron chi connectivity index (χ0n) is 15.3. The van der Waals surface area contributed by atoms with Crippen LogP contribution in [0.5, 0.6) is 0 Å². The van der Waals surface area contributed by atoms with E-state index in [1.807, 2.05) is 0 Å². The van der Waals surface area contributed by atoms with Gasteiger partial charge in [0, 0.05) is 33.0 Å². The van der Waals surface area contributed by atoms with E-state index in [4.69, 9.17) is 13.8 Å². The van der Waals surface area contributed by atoms with Gasteiger partial charge in [0.05, 0.1) is 6.61 Å². The van der Waals surface area contributed by atoms with E-state index in [0.29, 0.717) is 61.6 Å². The van der Waals surface area contributed by atoms with Crippen molar-refractivity contribution in [3.8, 4) is 0 Å². The van der Waals surface area contributed by atoms with Crippen molar-refractivity contribution in [1.29, 1.82) is 0 Å². The second-order valence-corrected chi connectivity index (χ2v) is 8.43. The third-order valence-electron chi connectivity index (χ3n) is 4.64. The van der Waals surface area contributed by atoms with Crippen molar-refractivity contribution in [3.63, 3.8) is 0 Å². The molecule has 10 heteroatoms. The Morgan fingerprint density at radius 2 is 1.92 bits per heavy atom. The Kier molecular flexibility index (Phi) is 5.73. The summed E-state index contributed by atoms with van der Waals surface area (Å²) in [6.07, 6.45) is 2.78. The highest BCUT2D eigenvalue weighted by Crippen LogP contribution is 2.28. The quantitative estimate of drug-likeness (QED) is 0.706. The van der Waals surface area contributed by atoms with Crippen LogP contribution in [0.3, 0.4) is 0 Å². The topological polar surface area (TPSA) is 112 Å². The fourth-order valence-electron chi connectivity index (χ4n) is 3.24. The Balaban J connectivity index is 1.58. The summed E-state index contributed by atoms with van der Waals surface area (Å²) < 4.78 is 42.5. The maximum Gasteiger partial charge on any atom is 0.248 e. The molecule has 3 heterocycles. The minimum Gasteiger partial charge on any atom is -0.384 e. The molecule has 0 bridgehead atoms. The van der Waals surface area contributed by atoms with Crippen LogP contribution in [-0.2, 0) is 27.6 Å². The lowest BCUT2D eigenvalue weighted by molar-refractivity contribution is 0.199. The highest BCUT2D eigenvalue weighted by atomic mass is 32.2. The first kappa shape index (κ1) is 19.0. The van der Waals surface area contributed by atoms with Gasteiger partial charge in [-0.15, -0.1) is 0 Å². The standard InChI is InChI=1S/C16H24N4O5S/c1-11-16(12(2)24-18-11)26(21,22)20-7-4-13(5-8-20)10-15-17-14(19-25-15)6-9-23-3/h13H,4-10H2,1-3H3. The molecule has 0 saturated carbocycles. The Bertz CT molecular complexity index is 817. The van der Waals surface area contributed by atoms with Crippen molar-refractivity contribution in [2.75, 3.05) is 26.8 Å². The average molecular weight is 384 g/mol. The molecular formula is C16H24N4O5S. The Morgan fingerprint density at radius 3 is 2.54 bits per heavy atom. The summed E-state index contributed by atoms with van der Waals surface area (Å²) in [7, 11) is -1.94.